The highest BCUT2D eigenvalue weighted by molar-refractivity contribution is 5.85. The van der Waals surface area contributed by atoms with Gasteiger partial charge in [-0.25, -0.2) is 9.78 Å². The van der Waals surface area contributed by atoms with Crippen LogP contribution in [0.3, 0.4) is 0 Å². The third-order valence-electron chi connectivity index (χ3n) is 2.12. The van der Waals surface area contributed by atoms with Crippen molar-refractivity contribution >= 4 is 17.0 Å². The quantitative estimate of drug-likeness (QED) is 0.795. The van der Waals surface area contributed by atoms with Crippen LogP contribution in [0.15, 0.2) is 18.2 Å². The van der Waals surface area contributed by atoms with Gasteiger partial charge in [-0.05, 0) is 24.1 Å². The van der Waals surface area contributed by atoms with Gasteiger partial charge in [-0.15, -0.1) is 10.2 Å². The Kier molecular flexibility index (Phi) is 2.29. The van der Waals surface area contributed by atoms with Crippen LogP contribution in [0.2, 0.25) is 0 Å². The molecule has 0 radical (unpaired) electrons. The molecule has 5 heteroatoms. The molecule has 0 aliphatic carbocycles. The van der Waals surface area contributed by atoms with E-state index in [0.717, 1.165) is 12.0 Å². The molecule has 0 saturated carbocycles. The summed E-state index contributed by atoms with van der Waals surface area (Å²) >= 11 is 0. The fourth-order valence-electron chi connectivity index (χ4n) is 1.29. The number of fused-ring (bicyclic) bond motifs is 1. The summed E-state index contributed by atoms with van der Waals surface area (Å²) in [6, 6.07) is 5.55. The first-order valence-corrected chi connectivity index (χ1v) is 4.57. The number of hydrogen-bond acceptors (Lipinski definition) is 4. The highest BCUT2D eigenvalue weighted by Crippen LogP contribution is 2.11. The number of hydrogen-bond donors (Lipinski definition) is 1. The van der Waals surface area contributed by atoms with Gasteiger partial charge in [0.25, 0.3) is 5.82 Å². The topological polar surface area (TPSA) is 76.0 Å². The monoisotopic (exact) mass is 203 g/mol. The van der Waals surface area contributed by atoms with Crippen LogP contribution in [0.5, 0.6) is 0 Å². The van der Waals surface area contributed by atoms with E-state index in [1.54, 1.807) is 6.07 Å². The number of aromatic nitrogens is 3. The molecular weight excluding hydrogens is 194 g/mol. The molecule has 0 aliphatic heterocycles. The van der Waals surface area contributed by atoms with Gasteiger partial charge in [0.05, 0.1) is 5.52 Å². The van der Waals surface area contributed by atoms with Crippen molar-refractivity contribution in [3.8, 4) is 0 Å². The maximum absolute atomic E-state index is 10.6. The molecule has 0 unspecified atom stereocenters. The van der Waals surface area contributed by atoms with Crippen molar-refractivity contribution in [2.45, 2.75) is 13.3 Å². The van der Waals surface area contributed by atoms with Gasteiger partial charge in [0, 0.05) is 0 Å². The van der Waals surface area contributed by atoms with Crippen LogP contribution < -0.4 is 0 Å². The van der Waals surface area contributed by atoms with Gasteiger partial charge in [-0.3, -0.25) is 0 Å². The Morgan fingerprint density at radius 1 is 1.33 bits per heavy atom. The molecule has 0 aliphatic rings. The second-order valence-electron chi connectivity index (χ2n) is 3.12. The number of rotatable bonds is 2. The summed E-state index contributed by atoms with van der Waals surface area (Å²) in [6.45, 7) is 2.02. The van der Waals surface area contributed by atoms with E-state index in [0.29, 0.717) is 11.0 Å². The van der Waals surface area contributed by atoms with Gasteiger partial charge in [0.1, 0.15) is 5.52 Å². The van der Waals surface area contributed by atoms with Crippen molar-refractivity contribution in [3.05, 3.63) is 29.6 Å². The average molecular weight is 203 g/mol. The van der Waals surface area contributed by atoms with Crippen LogP contribution >= 0.6 is 0 Å². The first kappa shape index (κ1) is 9.51. The fourth-order valence-corrected chi connectivity index (χ4v) is 1.29. The Hall–Kier alpha value is -2.04. The minimum atomic E-state index is -1.16. The van der Waals surface area contributed by atoms with Gasteiger partial charge in [-0.1, -0.05) is 13.0 Å². The maximum Gasteiger partial charge on any atom is 0.375 e. The Morgan fingerprint density at radius 3 is 2.80 bits per heavy atom. The summed E-state index contributed by atoms with van der Waals surface area (Å²) < 4.78 is 0. The molecule has 0 atom stereocenters. The fraction of sp³-hybridized carbons (Fsp3) is 0.200. The zero-order valence-corrected chi connectivity index (χ0v) is 8.14. The second kappa shape index (κ2) is 3.61. The van der Waals surface area contributed by atoms with Gasteiger partial charge < -0.3 is 5.11 Å². The highest BCUT2D eigenvalue weighted by Gasteiger charge is 2.08. The summed E-state index contributed by atoms with van der Waals surface area (Å²) in [5.41, 5.74) is 2.28. The number of nitrogens with zero attached hydrogens (tertiary/aromatic N) is 3. The van der Waals surface area contributed by atoms with E-state index >= 15 is 0 Å². The molecule has 0 fully saturated rings. The summed E-state index contributed by atoms with van der Waals surface area (Å²) in [5.74, 6) is -1.43. The van der Waals surface area contributed by atoms with Crippen LogP contribution in [0.1, 0.15) is 23.1 Å². The average Bonchev–Trinajstić information content (AvgIpc) is 2.27. The van der Waals surface area contributed by atoms with E-state index in [-0.39, 0.29) is 5.82 Å². The Balaban J connectivity index is 2.62. The van der Waals surface area contributed by atoms with Crippen LogP contribution in [0.4, 0.5) is 0 Å². The van der Waals surface area contributed by atoms with Crippen molar-refractivity contribution in [1.29, 1.82) is 0 Å². The van der Waals surface area contributed by atoms with E-state index in [1.807, 2.05) is 19.1 Å². The lowest BCUT2D eigenvalue weighted by Crippen LogP contribution is -2.05. The predicted octanol–water partition coefficient (Wildman–Crippen LogP) is 1.29. The SMILES string of the molecule is CCc1ccc2nnc(C(=O)O)nc2c1. The molecule has 15 heavy (non-hydrogen) atoms. The molecule has 0 bridgehead atoms. The van der Waals surface area contributed by atoms with Gasteiger partial charge >= 0.3 is 5.97 Å². The van der Waals surface area contributed by atoms with Crippen LogP contribution in [-0.4, -0.2) is 26.3 Å². The molecule has 2 rings (SSSR count). The summed E-state index contributed by atoms with van der Waals surface area (Å²) in [6.07, 6.45) is 0.877. The number of carbonyl (C=O) groups is 1. The van der Waals surface area contributed by atoms with Gasteiger partial charge in [0.2, 0.25) is 0 Å². The van der Waals surface area contributed by atoms with Crippen molar-refractivity contribution in [2.24, 2.45) is 0 Å². The summed E-state index contributed by atoms with van der Waals surface area (Å²) in [5, 5.41) is 16.0. The molecular formula is C10H9N3O2. The number of benzene rings is 1. The standard InChI is InChI=1S/C10H9N3O2/c1-2-6-3-4-7-8(5-6)11-9(10(14)15)13-12-7/h3-5H,2H2,1H3,(H,14,15). The Morgan fingerprint density at radius 2 is 2.13 bits per heavy atom. The third kappa shape index (κ3) is 1.76. The largest absolute Gasteiger partial charge is 0.475 e. The van der Waals surface area contributed by atoms with E-state index in [4.69, 9.17) is 5.11 Å². The van der Waals surface area contributed by atoms with Crippen molar-refractivity contribution in [1.82, 2.24) is 15.2 Å². The van der Waals surface area contributed by atoms with Gasteiger partial charge in [-0.2, -0.15) is 0 Å². The zero-order valence-electron chi connectivity index (χ0n) is 8.14. The molecule has 0 saturated heterocycles. The smallest absolute Gasteiger partial charge is 0.375 e. The van der Waals surface area contributed by atoms with Crippen molar-refractivity contribution < 1.29 is 9.90 Å². The summed E-state index contributed by atoms with van der Waals surface area (Å²) in [4.78, 5) is 14.5. The zero-order chi connectivity index (χ0) is 10.8. The van der Waals surface area contributed by atoms with E-state index in [1.165, 1.54) is 0 Å². The number of carboxylic acid groups (broad SMARTS) is 1. The van der Waals surface area contributed by atoms with Crippen LogP contribution in [0, 0.1) is 0 Å². The minimum Gasteiger partial charge on any atom is -0.475 e. The molecule has 2 aromatic rings. The van der Waals surface area contributed by atoms with Crippen molar-refractivity contribution in [2.75, 3.05) is 0 Å². The first-order chi connectivity index (χ1) is 7.20. The molecule has 1 aromatic carbocycles. The molecule has 0 amide bonds. The Labute approximate surface area is 85.8 Å². The lowest BCUT2D eigenvalue weighted by atomic mass is 10.1. The van der Waals surface area contributed by atoms with Crippen LogP contribution in [0.25, 0.3) is 11.0 Å². The lowest BCUT2D eigenvalue weighted by molar-refractivity contribution is 0.0682. The number of aromatic carboxylic acids is 1. The van der Waals surface area contributed by atoms with E-state index in [9.17, 15) is 4.79 Å². The minimum absolute atomic E-state index is 0.268. The first-order valence-electron chi connectivity index (χ1n) is 4.57. The third-order valence-corrected chi connectivity index (χ3v) is 2.12. The number of aryl methyl sites for hydroxylation is 1. The van der Waals surface area contributed by atoms with Crippen molar-refractivity contribution in [3.63, 3.8) is 0 Å². The second-order valence-corrected chi connectivity index (χ2v) is 3.12. The molecule has 76 valence electrons. The molecule has 5 nitrogen and oxygen atoms in total. The molecule has 1 aromatic heterocycles. The van der Waals surface area contributed by atoms with E-state index < -0.39 is 5.97 Å². The lowest BCUT2D eigenvalue weighted by Gasteiger charge is -1.99. The predicted molar refractivity (Wildman–Crippen MR) is 53.7 cm³/mol. The molecule has 1 N–H and O–H groups in total. The Bertz CT molecular complexity index is 525. The highest BCUT2D eigenvalue weighted by atomic mass is 16.4. The molecule has 0 spiro atoms. The van der Waals surface area contributed by atoms with E-state index in [2.05, 4.69) is 15.2 Å². The molecule has 1 heterocycles. The van der Waals surface area contributed by atoms with Crippen LogP contribution in [-0.2, 0) is 6.42 Å². The summed E-state index contributed by atoms with van der Waals surface area (Å²) in [7, 11) is 0. The normalized spacial score (nSPS) is 10.5. The number of carboxylic acids is 1. The maximum atomic E-state index is 10.6. The van der Waals surface area contributed by atoms with Gasteiger partial charge in [0.15, 0.2) is 0 Å².